The number of thiazole rings is 1. The normalized spacial score (nSPS) is 22.2. The summed E-state index contributed by atoms with van der Waals surface area (Å²) < 4.78 is 0. The SMILES string of the molecule is Cc1nc(CNC2CC(c3ccccc3C)C2)cs1. The number of hydrogen-bond donors (Lipinski definition) is 1. The molecule has 2 nitrogen and oxygen atoms in total. The molecule has 1 heterocycles. The second-order valence-corrected chi connectivity index (χ2v) is 6.52. The van der Waals surface area contributed by atoms with E-state index >= 15 is 0 Å². The van der Waals surface area contributed by atoms with Crippen LogP contribution in [0.4, 0.5) is 0 Å². The van der Waals surface area contributed by atoms with E-state index in [-0.39, 0.29) is 0 Å². The molecule has 0 atom stereocenters. The van der Waals surface area contributed by atoms with Crippen molar-refractivity contribution in [2.24, 2.45) is 0 Å². The van der Waals surface area contributed by atoms with Gasteiger partial charge in [0.15, 0.2) is 0 Å². The van der Waals surface area contributed by atoms with Crippen molar-refractivity contribution in [3.8, 4) is 0 Å². The first-order chi connectivity index (χ1) is 9.22. The number of rotatable bonds is 4. The van der Waals surface area contributed by atoms with Crippen LogP contribution in [0.2, 0.25) is 0 Å². The van der Waals surface area contributed by atoms with E-state index in [9.17, 15) is 0 Å². The van der Waals surface area contributed by atoms with Crippen LogP contribution in [-0.2, 0) is 6.54 Å². The fourth-order valence-electron chi connectivity index (χ4n) is 2.82. The minimum absolute atomic E-state index is 0.659. The standard InChI is InChI=1S/C16H20N2S/c1-11-5-3-4-6-16(11)13-7-14(8-13)17-9-15-10-19-12(2)18-15/h3-6,10,13-14,17H,7-9H2,1-2H3. The number of nitrogens with zero attached hydrogens (tertiary/aromatic N) is 1. The van der Waals surface area contributed by atoms with Gasteiger partial charge in [0.05, 0.1) is 10.7 Å². The van der Waals surface area contributed by atoms with E-state index in [1.807, 2.05) is 0 Å². The van der Waals surface area contributed by atoms with E-state index in [2.05, 4.69) is 53.8 Å². The zero-order valence-corrected chi connectivity index (χ0v) is 12.3. The molecule has 0 radical (unpaired) electrons. The van der Waals surface area contributed by atoms with Crippen molar-refractivity contribution < 1.29 is 0 Å². The average Bonchev–Trinajstić information content (AvgIpc) is 2.75. The summed E-state index contributed by atoms with van der Waals surface area (Å²) in [5, 5.41) is 6.92. The van der Waals surface area contributed by atoms with Crippen molar-refractivity contribution in [2.75, 3.05) is 0 Å². The van der Waals surface area contributed by atoms with Crippen molar-refractivity contribution in [3.63, 3.8) is 0 Å². The Hall–Kier alpha value is -1.19. The summed E-state index contributed by atoms with van der Waals surface area (Å²) in [4.78, 5) is 4.49. The van der Waals surface area contributed by atoms with E-state index in [0.717, 1.165) is 17.5 Å². The molecule has 2 aromatic rings. The van der Waals surface area contributed by atoms with Crippen LogP contribution in [0.25, 0.3) is 0 Å². The van der Waals surface area contributed by atoms with Gasteiger partial charge in [-0.3, -0.25) is 0 Å². The summed E-state index contributed by atoms with van der Waals surface area (Å²) in [5.74, 6) is 0.746. The average molecular weight is 272 g/mol. The van der Waals surface area contributed by atoms with Gasteiger partial charge in [-0.1, -0.05) is 24.3 Å². The van der Waals surface area contributed by atoms with Gasteiger partial charge in [-0.2, -0.15) is 0 Å². The molecule has 0 saturated heterocycles. The molecule has 1 aliphatic carbocycles. The summed E-state index contributed by atoms with van der Waals surface area (Å²) in [7, 11) is 0. The molecule has 1 fully saturated rings. The molecule has 19 heavy (non-hydrogen) atoms. The van der Waals surface area contributed by atoms with Gasteiger partial charge in [0, 0.05) is 18.0 Å². The molecule has 1 N–H and O–H groups in total. The van der Waals surface area contributed by atoms with Crippen LogP contribution in [0, 0.1) is 13.8 Å². The van der Waals surface area contributed by atoms with Gasteiger partial charge in [-0.05, 0) is 43.7 Å². The lowest BCUT2D eigenvalue weighted by Crippen LogP contribution is -2.39. The summed E-state index contributed by atoms with van der Waals surface area (Å²) in [6.07, 6.45) is 2.52. The highest BCUT2D eigenvalue weighted by atomic mass is 32.1. The third-order valence-electron chi connectivity index (χ3n) is 4.00. The largest absolute Gasteiger partial charge is 0.308 e. The molecule has 0 aliphatic heterocycles. The summed E-state index contributed by atoms with van der Waals surface area (Å²) in [5.41, 5.74) is 4.15. The highest BCUT2D eigenvalue weighted by molar-refractivity contribution is 7.09. The molecule has 0 spiro atoms. The van der Waals surface area contributed by atoms with Crippen molar-refractivity contribution in [1.82, 2.24) is 10.3 Å². The third-order valence-corrected chi connectivity index (χ3v) is 4.83. The van der Waals surface area contributed by atoms with E-state index in [0.29, 0.717) is 6.04 Å². The summed E-state index contributed by atoms with van der Waals surface area (Å²) >= 11 is 1.73. The van der Waals surface area contributed by atoms with Crippen LogP contribution >= 0.6 is 11.3 Å². The minimum Gasteiger partial charge on any atom is -0.308 e. The van der Waals surface area contributed by atoms with Crippen LogP contribution in [0.15, 0.2) is 29.6 Å². The Morgan fingerprint density at radius 2 is 2.05 bits per heavy atom. The first-order valence-corrected chi connectivity index (χ1v) is 7.80. The molecule has 3 heteroatoms. The van der Waals surface area contributed by atoms with Gasteiger partial charge in [-0.25, -0.2) is 4.98 Å². The predicted molar refractivity (Wildman–Crippen MR) is 80.6 cm³/mol. The Labute approximate surface area is 118 Å². The molecular formula is C16H20N2S. The first kappa shape index (κ1) is 12.8. The number of benzene rings is 1. The summed E-state index contributed by atoms with van der Waals surface area (Å²) in [6, 6.07) is 9.43. The van der Waals surface area contributed by atoms with E-state index in [1.165, 1.54) is 29.7 Å². The fraction of sp³-hybridized carbons (Fsp3) is 0.438. The molecule has 0 bridgehead atoms. The van der Waals surface area contributed by atoms with Crippen molar-refractivity contribution in [2.45, 2.75) is 45.2 Å². The lowest BCUT2D eigenvalue weighted by Gasteiger charge is -2.37. The van der Waals surface area contributed by atoms with E-state index in [1.54, 1.807) is 11.3 Å². The second kappa shape index (κ2) is 5.43. The number of aromatic nitrogens is 1. The fourth-order valence-corrected chi connectivity index (χ4v) is 3.43. The molecular weight excluding hydrogens is 252 g/mol. The van der Waals surface area contributed by atoms with Gasteiger partial charge in [0.25, 0.3) is 0 Å². The van der Waals surface area contributed by atoms with Crippen LogP contribution < -0.4 is 5.32 Å². The highest BCUT2D eigenvalue weighted by Gasteiger charge is 2.30. The van der Waals surface area contributed by atoms with Crippen LogP contribution in [-0.4, -0.2) is 11.0 Å². The van der Waals surface area contributed by atoms with Gasteiger partial charge < -0.3 is 5.32 Å². The van der Waals surface area contributed by atoms with Crippen molar-refractivity contribution >= 4 is 11.3 Å². The number of nitrogens with one attached hydrogen (secondary N) is 1. The molecule has 1 aromatic heterocycles. The highest BCUT2D eigenvalue weighted by Crippen LogP contribution is 2.38. The maximum atomic E-state index is 4.49. The van der Waals surface area contributed by atoms with Crippen LogP contribution in [0.3, 0.4) is 0 Å². The molecule has 0 unspecified atom stereocenters. The molecule has 1 aliphatic rings. The molecule has 1 saturated carbocycles. The first-order valence-electron chi connectivity index (χ1n) is 6.92. The lowest BCUT2D eigenvalue weighted by atomic mass is 9.74. The van der Waals surface area contributed by atoms with Gasteiger partial charge >= 0.3 is 0 Å². The van der Waals surface area contributed by atoms with Crippen molar-refractivity contribution in [3.05, 3.63) is 51.5 Å². The minimum atomic E-state index is 0.659. The van der Waals surface area contributed by atoms with E-state index in [4.69, 9.17) is 0 Å². The number of aryl methyl sites for hydroxylation is 2. The Balaban J connectivity index is 1.49. The maximum Gasteiger partial charge on any atom is 0.0897 e. The summed E-state index contributed by atoms with van der Waals surface area (Å²) in [6.45, 7) is 5.19. The van der Waals surface area contributed by atoms with Crippen molar-refractivity contribution in [1.29, 1.82) is 0 Å². The third kappa shape index (κ3) is 2.88. The number of hydrogen-bond acceptors (Lipinski definition) is 3. The van der Waals surface area contributed by atoms with Crippen LogP contribution in [0.1, 0.15) is 40.6 Å². The Kier molecular flexibility index (Phi) is 3.67. The zero-order chi connectivity index (χ0) is 13.2. The molecule has 100 valence electrons. The van der Waals surface area contributed by atoms with Gasteiger partial charge in [0.2, 0.25) is 0 Å². The molecule has 3 rings (SSSR count). The Morgan fingerprint density at radius 1 is 1.26 bits per heavy atom. The molecule has 1 aromatic carbocycles. The quantitative estimate of drug-likeness (QED) is 0.916. The van der Waals surface area contributed by atoms with Gasteiger partial charge in [-0.15, -0.1) is 11.3 Å². The Bertz CT molecular complexity index is 555. The lowest BCUT2D eigenvalue weighted by molar-refractivity contribution is 0.288. The molecule has 0 amide bonds. The Morgan fingerprint density at radius 3 is 2.74 bits per heavy atom. The topological polar surface area (TPSA) is 24.9 Å². The second-order valence-electron chi connectivity index (χ2n) is 5.46. The van der Waals surface area contributed by atoms with Crippen LogP contribution in [0.5, 0.6) is 0 Å². The smallest absolute Gasteiger partial charge is 0.0897 e. The van der Waals surface area contributed by atoms with E-state index < -0.39 is 0 Å². The zero-order valence-electron chi connectivity index (χ0n) is 11.5. The predicted octanol–water partition coefficient (Wildman–Crippen LogP) is 3.80. The monoisotopic (exact) mass is 272 g/mol. The maximum absolute atomic E-state index is 4.49. The van der Waals surface area contributed by atoms with Gasteiger partial charge in [0.1, 0.15) is 0 Å².